The predicted molar refractivity (Wildman–Crippen MR) is 114 cm³/mol. The number of amides is 2. The van der Waals surface area contributed by atoms with Gasteiger partial charge in [-0.2, -0.15) is 0 Å². The number of hydrogen-bond acceptors (Lipinski definition) is 5. The van der Waals surface area contributed by atoms with Crippen molar-refractivity contribution in [3.8, 4) is 0 Å². The van der Waals surface area contributed by atoms with Crippen molar-refractivity contribution in [3.63, 3.8) is 0 Å². The maximum absolute atomic E-state index is 13.4. The smallest absolute Gasteiger partial charge is 0.251 e. The first-order valence-corrected chi connectivity index (χ1v) is 11.0. The highest BCUT2D eigenvalue weighted by atomic mass is 32.2. The van der Waals surface area contributed by atoms with Crippen LogP contribution in [-0.4, -0.2) is 55.3 Å². The first-order chi connectivity index (χ1) is 14.6. The third-order valence-corrected chi connectivity index (χ3v) is 6.37. The lowest BCUT2D eigenvalue weighted by Crippen LogP contribution is -2.43. The van der Waals surface area contributed by atoms with Crippen LogP contribution in [0.1, 0.15) is 28.4 Å². The van der Waals surface area contributed by atoms with Gasteiger partial charge < -0.3 is 15.4 Å². The largest absolute Gasteiger partial charge is 0.379 e. The number of hydrogen-bond donors (Lipinski definition) is 2. The molecule has 1 unspecified atom stereocenters. The molecule has 158 valence electrons. The fourth-order valence-corrected chi connectivity index (χ4v) is 4.62. The molecule has 6 nitrogen and oxygen atoms in total. The van der Waals surface area contributed by atoms with Gasteiger partial charge in [-0.3, -0.25) is 14.5 Å². The Morgan fingerprint density at radius 2 is 1.97 bits per heavy atom. The molecule has 0 spiro atoms. The van der Waals surface area contributed by atoms with Crippen LogP contribution >= 0.6 is 11.8 Å². The lowest BCUT2D eigenvalue weighted by molar-refractivity contribution is -0.115. The Morgan fingerprint density at radius 3 is 2.73 bits per heavy atom. The Bertz CT molecular complexity index is 916. The molecule has 1 saturated heterocycles. The van der Waals surface area contributed by atoms with Crippen molar-refractivity contribution >= 4 is 29.3 Å². The number of thioether (sulfide) groups is 1. The van der Waals surface area contributed by atoms with Gasteiger partial charge in [0.15, 0.2) is 0 Å². The first kappa shape index (κ1) is 20.8. The number of fused-ring (bicyclic) bond motifs is 1. The van der Waals surface area contributed by atoms with Crippen molar-refractivity contribution in [2.75, 3.05) is 43.9 Å². The summed E-state index contributed by atoms with van der Waals surface area (Å²) in [5.74, 6) is 0.195. The van der Waals surface area contributed by atoms with E-state index in [1.165, 1.54) is 12.1 Å². The fourth-order valence-electron chi connectivity index (χ4n) is 3.68. The van der Waals surface area contributed by atoms with E-state index in [0.29, 0.717) is 37.4 Å². The van der Waals surface area contributed by atoms with Gasteiger partial charge in [-0.05, 0) is 35.9 Å². The third kappa shape index (κ3) is 5.00. The summed E-state index contributed by atoms with van der Waals surface area (Å²) < 4.78 is 18.8. The Hall–Kier alpha value is -2.42. The van der Waals surface area contributed by atoms with Gasteiger partial charge in [-0.15, -0.1) is 11.8 Å². The van der Waals surface area contributed by atoms with E-state index in [4.69, 9.17) is 4.74 Å². The fraction of sp³-hybridized carbons (Fsp3) is 0.364. The highest BCUT2D eigenvalue weighted by Crippen LogP contribution is 2.31. The molecule has 0 aliphatic carbocycles. The minimum atomic E-state index is -0.284. The van der Waals surface area contributed by atoms with Crippen LogP contribution in [0.15, 0.2) is 47.4 Å². The number of ether oxygens (including phenoxy) is 1. The summed E-state index contributed by atoms with van der Waals surface area (Å²) in [6, 6.07) is 11.7. The number of morpholine rings is 1. The number of benzene rings is 2. The van der Waals surface area contributed by atoms with Gasteiger partial charge in [0.05, 0.1) is 24.9 Å². The molecular formula is C22H24FN3O3S. The SMILES string of the molecule is O=C1CCSc2ccc(C(=O)NCC(c3ccc(F)cc3)N3CCOCC3)cc2N1. The van der Waals surface area contributed by atoms with Crippen molar-refractivity contribution < 1.29 is 18.7 Å². The number of anilines is 1. The van der Waals surface area contributed by atoms with Crippen molar-refractivity contribution in [1.82, 2.24) is 10.2 Å². The van der Waals surface area contributed by atoms with E-state index in [1.807, 2.05) is 6.07 Å². The molecule has 2 amide bonds. The van der Waals surface area contributed by atoms with Crippen molar-refractivity contribution in [2.24, 2.45) is 0 Å². The van der Waals surface area contributed by atoms with Gasteiger partial charge in [0.1, 0.15) is 5.82 Å². The molecule has 0 aromatic heterocycles. The Morgan fingerprint density at radius 1 is 1.20 bits per heavy atom. The summed E-state index contributed by atoms with van der Waals surface area (Å²) in [6.07, 6.45) is 0.458. The zero-order valence-corrected chi connectivity index (χ0v) is 17.3. The summed E-state index contributed by atoms with van der Waals surface area (Å²) in [6.45, 7) is 3.16. The molecule has 0 bridgehead atoms. The van der Waals surface area contributed by atoms with Gasteiger partial charge >= 0.3 is 0 Å². The summed E-state index contributed by atoms with van der Waals surface area (Å²) >= 11 is 1.60. The Balaban J connectivity index is 1.48. The first-order valence-electron chi connectivity index (χ1n) is 10.0. The number of nitrogens with one attached hydrogen (secondary N) is 2. The molecule has 0 saturated carbocycles. The second-order valence-electron chi connectivity index (χ2n) is 7.28. The summed E-state index contributed by atoms with van der Waals surface area (Å²) in [7, 11) is 0. The molecule has 2 aliphatic heterocycles. The minimum Gasteiger partial charge on any atom is -0.379 e. The van der Waals surface area contributed by atoms with Crippen LogP contribution in [-0.2, 0) is 9.53 Å². The Kier molecular flexibility index (Phi) is 6.66. The molecule has 8 heteroatoms. The average Bonchev–Trinajstić information content (AvgIpc) is 2.95. The van der Waals surface area contributed by atoms with Gasteiger partial charge in [0, 0.05) is 42.3 Å². The number of nitrogens with zero attached hydrogens (tertiary/aromatic N) is 1. The lowest BCUT2D eigenvalue weighted by atomic mass is 10.0. The monoisotopic (exact) mass is 429 g/mol. The second kappa shape index (κ2) is 9.59. The van der Waals surface area contributed by atoms with E-state index < -0.39 is 0 Å². The summed E-state index contributed by atoms with van der Waals surface area (Å²) in [5, 5.41) is 5.88. The van der Waals surface area contributed by atoms with Crippen LogP contribution in [0.4, 0.5) is 10.1 Å². The Labute approximate surface area is 179 Å². The third-order valence-electron chi connectivity index (χ3n) is 5.30. The topological polar surface area (TPSA) is 70.7 Å². The van der Waals surface area contributed by atoms with Crippen LogP contribution < -0.4 is 10.6 Å². The van der Waals surface area contributed by atoms with Crippen molar-refractivity contribution in [3.05, 3.63) is 59.4 Å². The highest BCUT2D eigenvalue weighted by Gasteiger charge is 2.24. The minimum absolute atomic E-state index is 0.0394. The average molecular weight is 430 g/mol. The second-order valence-corrected chi connectivity index (χ2v) is 8.42. The van der Waals surface area contributed by atoms with Crippen LogP contribution in [0.3, 0.4) is 0 Å². The molecule has 2 N–H and O–H groups in total. The van der Waals surface area contributed by atoms with Gasteiger partial charge in [-0.1, -0.05) is 12.1 Å². The van der Waals surface area contributed by atoms with Gasteiger partial charge in [-0.25, -0.2) is 4.39 Å². The molecule has 4 rings (SSSR count). The number of rotatable bonds is 5. The maximum Gasteiger partial charge on any atom is 0.251 e. The van der Waals surface area contributed by atoms with Crippen LogP contribution in [0.25, 0.3) is 0 Å². The molecule has 2 aromatic carbocycles. The van der Waals surface area contributed by atoms with E-state index in [-0.39, 0.29) is 23.7 Å². The molecule has 2 aromatic rings. The normalized spacial score (nSPS) is 18.1. The molecular weight excluding hydrogens is 405 g/mol. The molecule has 30 heavy (non-hydrogen) atoms. The van der Waals surface area contributed by atoms with Crippen LogP contribution in [0.5, 0.6) is 0 Å². The lowest BCUT2D eigenvalue weighted by Gasteiger charge is -2.35. The summed E-state index contributed by atoms with van der Waals surface area (Å²) in [5.41, 5.74) is 2.12. The zero-order chi connectivity index (χ0) is 20.9. The number of carbonyl (C=O) groups excluding carboxylic acids is 2. The van der Waals surface area contributed by atoms with E-state index in [2.05, 4.69) is 15.5 Å². The van der Waals surface area contributed by atoms with Crippen molar-refractivity contribution in [1.29, 1.82) is 0 Å². The molecule has 2 aliphatic rings. The standard InChI is InChI=1S/C22H24FN3O3S/c23-17-4-1-15(2-5-17)19(26-8-10-29-11-9-26)14-24-22(28)16-3-6-20-18(13-16)25-21(27)7-12-30-20/h1-6,13,19H,7-12,14H2,(H,24,28)(H,25,27). The molecule has 1 fully saturated rings. The quantitative estimate of drug-likeness (QED) is 0.765. The number of carbonyl (C=O) groups is 2. The zero-order valence-electron chi connectivity index (χ0n) is 16.5. The summed E-state index contributed by atoms with van der Waals surface area (Å²) in [4.78, 5) is 27.9. The highest BCUT2D eigenvalue weighted by molar-refractivity contribution is 7.99. The van der Waals surface area contributed by atoms with Crippen LogP contribution in [0.2, 0.25) is 0 Å². The van der Waals surface area contributed by atoms with Crippen molar-refractivity contribution in [2.45, 2.75) is 17.4 Å². The number of halogens is 1. The van der Waals surface area contributed by atoms with E-state index in [1.54, 1.807) is 36.0 Å². The molecule has 0 radical (unpaired) electrons. The van der Waals surface area contributed by atoms with Gasteiger partial charge in [0.2, 0.25) is 5.91 Å². The van der Waals surface area contributed by atoms with Crippen LogP contribution in [0, 0.1) is 5.82 Å². The molecule has 1 atom stereocenters. The van der Waals surface area contributed by atoms with E-state index >= 15 is 0 Å². The maximum atomic E-state index is 13.4. The predicted octanol–water partition coefficient (Wildman–Crippen LogP) is 3.06. The van der Waals surface area contributed by atoms with E-state index in [9.17, 15) is 14.0 Å². The van der Waals surface area contributed by atoms with Gasteiger partial charge in [0.25, 0.3) is 5.91 Å². The van der Waals surface area contributed by atoms with E-state index in [0.717, 1.165) is 29.3 Å². The molecule has 2 heterocycles.